The molecule has 0 bridgehead atoms. The molecule has 0 aromatic heterocycles. The summed E-state index contributed by atoms with van der Waals surface area (Å²) >= 11 is 0. The summed E-state index contributed by atoms with van der Waals surface area (Å²) in [6, 6.07) is 8.31. The molecule has 0 amide bonds. The quantitative estimate of drug-likeness (QED) is 0.843. The fourth-order valence-electron chi connectivity index (χ4n) is 3.19. The maximum atomic E-state index is 9.39. The van der Waals surface area contributed by atoms with Crippen LogP contribution < -0.4 is 5.32 Å². The summed E-state index contributed by atoms with van der Waals surface area (Å²) in [5.74, 6) is 0.363. The maximum Gasteiger partial charge on any atom is 0.115 e. The van der Waals surface area contributed by atoms with Gasteiger partial charge in [-0.2, -0.15) is 0 Å². The van der Waals surface area contributed by atoms with Crippen LogP contribution in [0.3, 0.4) is 0 Å². The first kappa shape index (κ1) is 14.4. The second-order valence-corrected chi connectivity index (χ2v) is 6.44. The summed E-state index contributed by atoms with van der Waals surface area (Å²) in [4.78, 5) is 0. The summed E-state index contributed by atoms with van der Waals surface area (Å²) in [5.41, 5.74) is 1.77. The van der Waals surface area contributed by atoms with Crippen molar-refractivity contribution in [1.29, 1.82) is 0 Å². The van der Waals surface area contributed by atoms with Crippen molar-refractivity contribution in [3.8, 4) is 5.75 Å². The van der Waals surface area contributed by atoms with E-state index in [0.29, 0.717) is 17.2 Å². The zero-order chi connectivity index (χ0) is 13.7. The number of phenolic OH excluding ortho intramolecular Hbond substituents is 1. The van der Waals surface area contributed by atoms with E-state index in [1.165, 1.54) is 37.7 Å². The minimum Gasteiger partial charge on any atom is -0.508 e. The van der Waals surface area contributed by atoms with E-state index in [9.17, 15) is 5.11 Å². The van der Waals surface area contributed by atoms with Crippen LogP contribution in [0.4, 0.5) is 0 Å². The highest BCUT2D eigenvalue weighted by atomic mass is 16.3. The van der Waals surface area contributed by atoms with Gasteiger partial charge in [-0.1, -0.05) is 45.2 Å². The lowest BCUT2D eigenvalue weighted by Gasteiger charge is -2.38. The molecule has 0 radical (unpaired) electrons. The van der Waals surface area contributed by atoms with E-state index >= 15 is 0 Å². The molecule has 2 rings (SSSR count). The van der Waals surface area contributed by atoms with Gasteiger partial charge in [0.1, 0.15) is 5.75 Å². The number of hydrogen-bond acceptors (Lipinski definition) is 2. The monoisotopic (exact) mass is 261 g/mol. The molecular weight excluding hydrogens is 234 g/mol. The van der Waals surface area contributed by atoms with Crippen LogP contribution in [0.15, 0.2) is 24.3 Å². The Kier molecular flexibility index (Phi) is 4.87. The van der Waals surface area contributed by atoms with Crippen molar-refractivity contribution in [1.82, 2.24) is 5.32 Å². The summed E-state index contributed by atoms with van der Waals surface area (Å²) in [6.45, 7) is 5.56. The van der Waals surface area contributed by atoms with Crippen LogP contribution in [0.25, 0.3) is 0 Å². The van der Waals surface area contributed by atoms with Crippen LogP contribution in [0, 0.1) is 5.41 Å². The Morgan fingerprint density at radius 2 is 1.74 bits per heavy atom. The molecule has 0 aliphatic heterocycles. The first-order valence-electron chi connectivity index (χ1n) is 7.61. The number of hydrogen-bond donors (Lipinski definition) is 2. The van der Waals surface area contributed by atoms with Gasteiger partial charge in [-0.25, -0.2) is 0 Å². The van der Waals surface area contributed by atoms with Crippen molar-refractivity contribution in [2.75, 3.05) is 6.54 Å². The summed E-state index contributed by atoms with van der Waals surface area (Å²) in [7, 11) is 0. The smallest absolute Gasteiger partial charge is 0.115 e. The summed E-state index contributed by atoms with van der Waals surface area (Å²) in [5, 5.41) is 13.0. The van der Waals surface area contributed by atoms with Gasteiger partial charge in [-0.15, -0.1) is 0 Å². The van der Waals surface area contributed by atoms with Gasteiger partial charge < -0.3 is 10.4 Å². The number of nitrogens with one attached hydrogen (secondary N) is 1. The Hall–Kier alpha value is -1.02. The first-order valence-corrected chi connectivity index (χ1v) is 7.61. The molecule has 1 aliphatic rings. The van der Waals surface area contributed by atoms with E-state index in [1.807, 2.05) is 12.1 Å². The van der Waals surface area contributed by atoms with Crippen molar-refractivity contribution in [2.24, 2.45) is 5.41 Å². The Morgan fingerprint density at radius 1 is 1.11 bits per heavy atom. The van der Waals surface area contributed by atoms with E-state index in [4.69, 9.17) is 0 Å². The largest absolute Gasteiger partial charge is 0.508 e. The average Bonchev–Trinajstić information content (AvgIpc) is 2.41. The van der Waals surface area contributed by atoms with Crippen molar-refractivity contribution in [2.45, 2.75) is 58.4 Å². The average molecular weight is 261 g/mol. The van der Waals surface area contributed by atoms with Crippen LogP contribution >= 0.6 is 0 Å². The van der Waals surface area contributed by atoms with E-state index < -0.39 is 0 Å². The predicted molar refractivity (Wildman–Crippen MR) is 80.5 cm³/mol. The van der Waals surface area contributed by atoms with Gasteiger partial charge in [-0.3, -0.25) is 0 Å². The molecule has 1 saturated carbocycles. The maximum absolute atomic E-state index is 9.39. The Balaban J connectivity index is 2.06. The van der Waals surface area contributed by atoms with Gasteiger partial charge in [0.2, 0.25) is 0 Å². The van der Waals surface area contributed by atoms with Crippen LogP contribution in [0.1, 0.15) is 51.5 Å². The summed E-state index contributed by atoms with van der Waals surface area (Å²) < 4.78 is 0. The van der Waals surface area contributed by atoms with E-state index in [-0.39, 0.29) is 0 Å². The van der Waals surface area contributed by atoms with Crippen molar-refractivity contribution in [3.63, 3.8) is 0 Å². The third-order valence-corrected chi connectivity index (χ3v) is 4.31. The molecule has 1 aliphatic carbocycles. The van der Waals surface area contributed by atoms with Gasteiger partial charge in [0.15, 0.2) is 0 Å². The highest BCUT2D eigenvalue weighted by Crippen LogP contribution is 2.39. The fourth-order valence-corrected chi connectivity index (χ4v) is 3.19. The van der Waals surface area contributed by atoms with Gasteiger partial charge in [0.05, 0.1) is 0 Å². The molecule has 2 N–H and O–H groups in total. The highest BCUT2D eigenvalue weighted by molar-refractivity contribution is 5.26. The molecule has 0 atom stereocenters. The van der Waals surface area contributed by atoms with Crippen molar-refractivity contribution in [3.05, 3.63) is 29.8 Å². The molecule has 106 valence electrons. The second-order valence-electron chi connectivity index (χ2n) is 6.44. The second kappa shape index (κ2) is 6.42. The van der Waals surface area contributed by atoms with Crippen LogP contribution in [-0.4, -0.2) is 17.7 Å². The lowest BCUT2D eigenvalue weighted by Crippen LogP contribution is -2.40. The molecule has 0 unspecified atom stereocenters. The van der Waals surface area contributed by atoms with Crippen LogP contribution in [0.5, 0.6) is 5.75 Å². The molecular formula is C17H27NO. The molecule has 1 aromatic rings. The van der Waals surface area contributed by atoms with Gasteiger partial charge >= 0.3 is 0 Å². The third-order valence-electron chi connectivity index (χ3n) is 4.31. The lowest BCUT2D eigenvalue weighted by atomic mass is 9.70. The van der Waals surface area contributed by atoms with E-state index in [1.54, 1.807) is 0 Å². The topological polar surface area (TPSA) is 32.3 Å². The van der Waals surface area contributed by atoms with Gasteiger partial charge in [0, 0.05) is 12.6 Å². The van der Waals surface area contributed by atoms with Gasteiger partial charge in [-0.05, 0) is 42.4 Å². The van der Waals surface area contributed by atoms with Crippen LogP contribution in [-0.2, 0) is 6.42 Å². The SMILES string of the molecule is CC(C)NCC1(Cc2ccc(O)cc2)CCCCC1. The molecule has 0 saturated heterocycles. The highest BCUT2D eigenvalue weighted by Gasteiger charge is 2.32. The lowest BCUT2D eigenvalue weighted by molar-refractivity contribution is 0.176. The zero-order valence-corrected chi connectivity index (χ0v) is 12.3. The Labute approximate surface area is 117 Å². The number of phenols is 1. The zero-order valence-electron chi connectivity index (χ0n) is 12.3. The number of aromatic hydroxyl groups is 1. The third kappa shape index (κ3) is 4.24. The predicted octanol–water partition coefficient (Wildman–Crippen LogP) is 3.88. The minimum atomic E-state index is 0.363. The van der Waals surface area contributed by atoms with E-state index in [0.717, 1.165) is 13.0 Å². The Bertz CT molecular complexity index is 377. The molecule has 1 aromatic carbocycles. The summed E-state index contributed by atoms with van der Waals surface area (Å²) in [6.07, 6.45) is 7.89. The number of benzene rings is 1. The molecule has 0 heterocycles. The normalized spacial score (nSPS) is 18.7. The molecule has 1 fully saturated rings. The van der Waals surface area contributed by atoms with Crippen LogP contribution in [0.2, 0.25) is 0 Å². The Morgan fingerprint density at radius 3 is 2.32 bits per heavy atom. The van der Waals surface area contributed by atoms with Gasteiger partial charge in [0.25, 0.3) is 0 Å². The van der Waals surface area contributed by atoms with Crippen molar-refractivity contribution < 1.29 is 5.11 Å². The fraction of sp³-hybridized carbons (Fsp3) is 0.647. The van der Waals surface area contributed by atoms with Crippen molar-refractivity contribution >= 4 is 0 Å². The minimum absolute atomic E-state index is 0.363. The first-order chi connectivity index (χ1) is 9.10. The molecule has 2 nitrogen and oxygen atoms in total. The standard InChI is InChI=1S/C17H27NO/c1-14(2)18-13-17(10-4-3-5-11-17)12-15-6-8-16(19)9-7-15/h6-9,14,18-19H,3-5,10-13H2,1-2H3. The number of rotatable bonds is 5. The molecule has 0 spiro atoms. The molecule has 19 heavy (non-hydrogen) atoms. The molecule has 2 heteroatoms. The van der Waals surface area contributed by atoms with E-state index in [2.05, 4.69) is 31.3 Å².